The molecule has 5 nitrogen and oxygen atoms in total. The van der Waals surface area contributed by atoms with Crippen molar-refractivity contribution in [2.24, 2.45) is 5.92 Å². The zero-order valence-electron chi connectivity index (χ0n) is 13.3. The van der Waals surface area contributed by atoms with Gasteiger partial charge >= 0.3 is 6.03 Å². The Balaban J connectivity index is 2.62. The highest BCUT2D eigenvalue weighted by Crippen LogP contribution is 2.18. The Morgan fingerprint density at radius 2 is 2.14 bits per heavy atom. The summed E-state index contributed by atoms with van der Waals surface area (Å²) in [6.07, 6.45) is 0.647. The molecule has 2 amide bonds. The smallest absolute Gasteiger partial charge is 0.319 e. The predicted octanol–water partition coefficient (Wildman–Crippen LogP) is 3.00. The number of rotatable bonds is 7. The number of nitrogens with one attached hydrogen (secondary N) is 2. The average Bonchev–Trinajstić information content (AvgIpc) is 2.45. The van der Waals surface area contributed by atoms with Crippen molar-refractivity contribution in [2.45, 2.75) is 39.7 Å². The molecule has 0 aromatic heterocycles. The Hall–Kier alpha value is -1.75. The van der Waals surface area contributed by atoms with Gasteiger partial charge < -0.3 is 20.5 Å². The minimum atomic E-state index is -0.615. The number of carbonyl (C=O) groups is 1. The minimum absolute atomic E-state index is 0.103. The van der Waals surface area contributed by atoms with Gasteiger partial charge in [0.1, 0.15) is 5.75 Å². The van der Waals surface area contributed by atoms with Crippen LogP contribution in [0.1, 0.15) is 34.1 Å². The number of hydrogen-bond donors (Lipinski definition) is 3. The molecule has 21 heavy (non-hydrogen) atoms. The van der Waals surface area contributed by atoms with Crippen LogP contribution in [0.5, 0.6) is 5.75 Å². The molecule has 0 saturated carbocycles. The number of aliphatic hydroxyl groups excluding tert-OH is 1. The lowest BCUT2D eigenvalue weighted by Gasteiger charge is -2.27. The van der Waals surface area contributed by atoms with E-state index >= 15 is 0 Å². The number of hydrogen-bond acceptors (Lipinski definition) is 3. The Labute approximate surface area is 126 Å². The molecule has 0 aliphatic carbocycles. The Morgan fingerprint density at radius 3 is 2.71 bits per heavy atom. The summed E-state index contributed by atoms with van der Waals surface area (Å²) in [5.41, 5.74) is 0.0423. The van der Waals surface area contributed by atoms with Crippen molar-refractivity contribution < 1.29 is 14.6 Å². The van der Waals surface area contributed by atoms with Gasteiger partial charge in [-0.2, -0.15) is 0 Å². The normalized spacial score (nSPS) is 13.6. The largest absolute Gasteiger partial charge is 0.493 e. The Bertz CT molecular complexity index is 457. The number of anilines is 1. The third-order valence-corrected chi connectivity index (χ3v) is 3.22. The molecular weight excluding hydrogens is 268 g/mol. The fourth-order valence-corrected chi connectivity index (χ4v) is 1.60. The molecule has 118 valence electrons. The van der Waals surface area contributed by atoms with Gasteiger partial charge in [-0.3, -0.25) is 0 Å². The van der Waals surface area contributed by atoms with Crippen molar-refractivity contribution in [2.75, 3.05) is 18.5 Å². The summed E-state index contributed by atoms with van der Waals surface area (Å²) in [7, 11) is 0. The van der Waals surface area contributed by atoms with Crippen LogP contribution < -0.4 is 15.4 Å². The zero-order chi connectivity index (χ0) is 15.9. The van der Waals surface area contributed by atoms with E-state index in [9.17, 15) is 9.90 Å². The van der Waals surface area contributed by atoms with Crippen LogP contribution in [0, 0.1) is 5.92 Å². The molecule has 0 aliphatic rings. The third kappa shape index (κ3) is 6.04. The van der Waals surface area contributed by atoms with Gasteiger partial charge in [-0.05, 0) is 31.4 Å². The highest BCUT2D eigenvalue weighted by molar-refractivity contribution is 5.89. The summed E-state index contributed by atoms with van der Waals surface area (Å²) < 4.78 is 5.62. The molecule has 0 spiro atoms. The van der Waals surface area contributed by atoms with E-state index in [1.165, 1.54) is 0 Å². The van der Waals surface area contributed by atoms with Crippen LogP contribution in [-0.2, 0) is 0 Å². The molecule has 0 saturated heterocycles. The molecule has 1 rings (SSSR count). The van der Waals surface area contributed by atoms with Gasteiger partial charge in [0.25, 0.3) is 0 Å². The summed E-state index contributed by atoms with van der Waals surface area (Å²) in [6, 6.07) is 6.93. The van der Waals surface area contributed by atoms with Crippen molar-refractivity contribution in [3.63, 3.8) is 0 Å². The van der Waals surface area contributed by atoms with E-state index < -0.39 is 5.54 Å². The van der Waals surface area contributed by atoms with E-state index in [0.29, 0.717) is 24.6 Å². The molecule has 1 atom stereocenters. The Morgan fingerprint density at radius 1 is 1.43 bits per heavy atom. The molecule has 0 aliphatic heterocycles. The van der Waals surface area contributed by atoms with Crippen molar-refractivity contribution >= 4 is 11.7 Å². The lowest BCUT2D eigenvalue weighted by Crippen LogP contribution is -2.50. The molecule has 1 unspecified atom stereocenters. The molecular formula is C16H26N2O3. The van der Waals surface area contributed by atoms with Crippen molar-refractivity contribution in [3.05, 3.63) is 24.3 Å². The number of carbonyl (C=O) groups excluding carboxylic acids is 1. The van der Waals surface area contributed by atoms with E-state index in [1.807, 2.05) is 19.1 Å². The highest BCUT2D eigenvalue weighted by Gasteiger charge is 2.23. The van der Waals surface area contributed by atoms with Crippen molar-refractivity contribution in [3.8, 4) is 5.75 Å². The maximum atomic E-state index is 11.9. The molecule has 0 fully saturated rings. The fourth-order valence-electron chi connectivity index (χ4n) is 1.60. The second kappa shape index (κ2) is 7.88. The van der Waals surface area contributed by atoms with Gasteiger partial charge in [0.15, 0.2) is 0 Å². The van der Waals surface area contributed by atoms with Crippen LogP contribution in [0.4, 0.5) is 10.5 Å². The first-order chi connectivity index (χ1) is 9.88. The van der Waals surface area contributed by atoms with E-state index in [-0.39, 0.29) is 12.6 Å². The van der Waals surface area contributed by atoms with E-state index in [4.69, 9.17) is 4.74 Å². The van der Waals surface area contributed by atoms with Crippen LogP contribution in [0.3, 0.4) is 0 Å². The van der Waals surface area contributed by atoms with E-state index in [0.717, 1.165) is 5.75 Å². The number of ether oxygens (including phenoxy) is 1. The quantitative estimate of drug-likeness (QED) is 0.724. The fraction of sp³-hybridized carbons (Fsp3) is 0.562. The van der Waals surface area contributed by atoms with Gasteiger partial charge in [0.05, 0.1) is 18.8 Å². The number of benzene rings is 1. The summed E-state index contributed by atoms with van der Waals surface area (Å²) >= 11 is 0. The van der Waals surface area contributed by atoms with E-state index in [2.05, 4.69) is 24.5 Å². The second-order valence-electron chi connectivity index (χ2n) is 5.88. The van der Waals surface area contributed by atoms with Crippen molar-refractivity contribution in [1.82, 2.24) is 5.32 Å². The van der Waals surface area contributed by atoms with Crippen LogP contribution in [0.25, 0.3) is 0 Å². The van der Waals surface area contributed by atoms with Gasteiger partial charge in [0, 0.05) is 11.8 Å². The number of amides is 2. The SMILES string of the molecule is CCC(C)(CO)NC(=O)Nc1cccc(OCC(C)C)c1. The zero-order valence-corrected chi connectivity index (χ0v) is 13.3. The predicted molar refractivity (Wildman–Crippen MR) is 84.7 cm³/mol. The first-order valence-electron chi connectivity index (χ1n) is 7.31. The maximum Gasteiger partial charge on any atom is 0.319 e. The Kier molecular flexibility index (Phi) is 6.49. The third-order valence-electron chi connectivity index (χ3n) is 3.22. The average molecular weight is 294 g/mol. The van der Waals surface area contributed by atoms with Crippen LogP contribution in [-0.4, -0.2) is 29.9 Å². The lowest BCUT2D eigenvalue weighted by molar-refractivity contribution is 0.172. The first kappa shape index (κ1) is 17.3. The first-order valence-corrected chi connectivity index (χ1v) is 7.31. The molecule has 5 heteroatoms. The second-order valence-corrected chi connectivity index (χ2v) is 5.88. The molecule has 0 radical (unpaired) electrons. The maximum absolute atomic E-state index is 11.9. The van der Waals surface area contributed by atoms with Gasteiger partial charge in [0.2, 0.25) is 0 Å². The van der Waals surface area contributed by atoms with Gasteiger partial charge in [-0.25, -0.2) is 4.79 Å². The van der Waals surface area contributed by atoms with E-state index in [1.54, 1.807) is 19.1 Å². The molecule has 0 heterocycles. The van der Waals surface area contributed by atoms with Crippen molar-refractivity contribution in [1.29, 1.82) is 0 Å². The minimum Gasteiger partial charge on any atom is -0.493 e. The molecule has 1 aromatic carbocycles. The highest BCUT2D eigenvalue weighted by atomic mass is 16.5. The van der Waals surface area contributed by atoms with Gasteiger partial charge in [-0.1, -0.05) is 26.8 Å². The molecule has 3 N–H and O–H groups in total. The number of aliphatic hydroxyl groups is 1. The monoisotopic (exact) mass is 294 g/mol. The van der Waals surface area contributed by atoms with Crippen LogP contribution in [0.15, 0.2) is 24.3 Å². The summed E-state index contributed by atoms with van der Waals surface area (Å²) in [5, 5.41) is 14.8. The molecule has 1 aromatic rings. The number of urea groups is 1. The van der Waals surface area contributed by atoms with Crippen LogP contribution in [0.2, 0.25) is 0 Å². The molecule has 0 bridgehead atoms. The standard InChI is InChI=1S/C16H26N2O3/c1-5-16(4,11-19)18-15(20)17-13-7-6-8-14(9-13)21-10-12(2)3/h6-9,12,19H,5,10-11H2,1-4H3,(H2,17,18,20). The summed E-state index contributed by atoms with van der Waals surface area (Å²) in [4.78, 5) is 11.9. The topological polar surface area (TPSA) is 70.6 Å². The lowest BCUT2D eigenvalue weighted by atomic mass is 10.0. The summed E-state index contributed by atoms with van der Waals surface area (Å²) in [5.74, 6) is 1.17. The van der Waals surface area contributed by atoms with Crippen LogP contribution >= 0.6 is 0 Å². The summed E-state index contributed by atoms with van der Waals surface area (Å²) in [6.45, 7) is 8.40. The van der Waals surface area contributed by atoms with Gasteiger partial charge in [-0.15, -0.1) is 0 Å².